The van der Waals surface area contributed by atoms with E-state index in [-0.39, 0.29) is 6.42 Å². The number of esters is 1. The van der Waals surface area contributed by atoms with E-state index >= 15 is 0 Å². The van der Waals surface area contributed by atoms with Gasteiger partial charge in [-0.25, -0.2) is 4.98 Å². The molecule has 140 valence electrons. The molecule has 0 spiro atoms. The first-order valence-electron chi connectivity index (χ1n) is 7.85. The third-order valence-corrected chi connectivity index (χ3v) is 5.70. The number of anilines is 1. The highest BCUT2D eigenvalue weighted by Gasteiger charge is 2.20. The summed E-state index contributed by atoms with van der Waals surface area (Å²) in [5, 5.41) is 10.00. The highest BCUT2D eigenvalue weighted by atomic mass is 35.5. The minimum Gasteiger partial charge on any atom is -0.452 e. The molecule has 1 amide bonds. The SMILES string of the molecule is CC(OC(=O)Cc1csc(-c2ccsc2)n1)C(=O)Nc1cc(Cl)ccc1Cl. The number of thiophene rings is 1. The number of aromatic nitrogens is 1. The Bertz CT molecular complexity index is 957. The summed E-state index contributed by atoms with van der Waals surface area (Å²) in [5.41, 5.74) is 1.99. The van der Waals surface area contributed by atoms with Gasteiger partial charge in [-0.05, 0) is 36.6 Å². The number of nitrogens with zero attached hydrogens (tertiary/aromatic N) is 1. The molecule has 0 radical (unpaired) electrons. The minimum atomic E-state index is -0.984. The van der Waals surface area contributed by atoms with Gasteiger partial charge < -0.3 is 10.1 Å². The van der Waals surface area contributed by atoms with E-state index < -0.39 is 18.0 Å². The summed E-state index contributed by atoms with van der Waals surface area (Å²) < 4.78 is 5.20. The summed E-state index contributed by atoms with van der Waals surface area (Å²) in [7, 11) is 0. The topological polar surface area (TPSA) is 68.3 Å². The van der Waals surface area contributed by atoms with Crippen LogP contribution in [0.1, 0.15) is 12.6 Å². The Morgan fingerprint density at radius 1 is 1.26 bits per heavy atom. The van der Waals surface area contributed by atoms with Crippen LogP contribution in [-0.4, -0.2) is 23.0 Å². The molecule has 3 rings (SSSR count). The van der Waals surface area contributed by atoms with Crippen molar-refractivity contribution in [3.8, 4) is 10.6 Å². The predicted molar refractivity (Wildman–Crippen MR) is 110 cm³/mol. The van der Waals surface area contributed by atoms with E-state index in [0.717, 1.165) is 10.6 Å². The second-order valence-electron chi connectivity index (χ2n) is 5.58. The van der Waals surface area contributed by atoms with E-state index in [1.54, 1.807) is 23.5 Å². The average Bonchev–Trinajstić information content (AvgIpc) is 3.29. The summed E-state index contributed by atoms with van der Waals surface area (Å²) in [6.45, 7) is 1.49. The Kier molecular flexibility index (Phi) is 6.49. The molecule has 9 heteroatoms. The van der Waals surface area contributed by atoms with Crippen molar-refractivity contribution in [1.29, 1.82) is 0 Å². The normalized spacial score (nSPS) is 11.8. The first kappa shape index (κ1) is 19.8. The van der Waals surface area contributed by atoms with Crippen molar-refractivity contribution in [3.05, 3.63) is 56.1 Å². The second-order valence-corrected chi connectivity index (χ2v) is 8.06. The number of rotatable bonds is 6. The van der Waals surface area contributed by atoms with Gasteiger partial charge in [0.1, 0.15) is 5.01 Å². The fourth-order valence-corrected chi connectivity index (χ4v) is 4.04. The van der Waals surface area contributed by atoms with Crippen molar-refractivity contribution in [2.45, 2.75) is 19.4 Å². The molecule has 1 N–H and O–H groups in total. The number of carbonyl (C=O) groups excluding carboxylic acids is 2. The Morgan fingerprint density at radius 3 is 2.81 bits per heavy atom. The van der Waals surface area contributed by atoms with Crippen molar-refractivity contribution in [1.82, 2.24) is 4.98 Å². The zero-order valence-electron chi connectivity index (χ0n) is 14.1. The van der Waals surface area contributed by atoms with Gasteiger partial charge in [-0.1, -0.05) is 23.2 Å². The van der Waals surface area contributed by atoms with Crippen LogP contribution in [0, 0.1) is 0 Å². The number of nitrogens with one attached hydrogen (secondary N) is 1. The lowest BCUT2D eigenvalue weighted by molar-refractivity contribution is -0.152. The van der Waals surface area contributed by atoms with Gasteiger partial charge in [0.05, 0.1) is 22.8 Å². The van der Waals surface area contributed by atoms with E-state index in [1.807, 2.05) is 22.2 Å². The fourth-order valence-electron chi connectivity index (χ4n) is 2.17. The summed E-state index contributed by atoms with van der Waals surface area (Å²) in [6.07, 6.45) is -0.988. The van der Waals surface area contributed by atoms with E-state index in [4.69, 9.17) is 27.9 Å². The zero-order valence-corrected chi connectivity index (χ0v) is 17.2. The Morgan fingerprint density at radius 2 is 2.07 bits per heavy atom. The summed E-state index contributed by atoms with van der Waals surface area (Å²) in [4.78, 5) is 28.8. The van der Waals surface area contributed by atoms with Gasteiger partial charge in [0, 0.05) is 21.3 Å². The molecular weight excluding hydrogens is 427 g/mol. The Labute approximate surface area is 173 Å². The molecule has 0 aliphatic heterocycles. The van der Waals surface area contributed by atoms with E-state index in [1.165, 1.54) is 24.3 Å². The number of benzene rings is 1. The van der Waals surface area contributed by atoms with Gasteiger partial charge in [-0.3, -0.25) is 9.59 Å². The smallest absolute Gasteiger partial charge is 0.312 e. The van der Waals surface area contributed by atoms with Crippen LogP contribution in [0.5, 0.6) is 0 Å². The van der Waals surface area contributed by atoms with E-state index in [9.17, 15) is 9.59 Å². The Hall–Kier alpha value is -1.93. The third-order valence-electron chi connectivity index (χ3n) is 3.51. The molecule has 1 aromatic carbocycles. The molecule has 0 aliphatic rings. The molecule has 0 saturated heterocycles. The van der Waals surface area contributed by atoms with Gasteiger partial charge in [-0.2, -0.15) is 11.3 Å². The molecule has 0 aliphatic carbocycles. The van der Waals surface area contributed by atoms with Crippen molar-refractivity contribution in [3.63, 3.8) is 0 Å². The summed E-state index contributed by atoms with van der Waals surface area (Å²) >= 11 is 15.0. The molecule has 2 aromatic heterocycles. The first-order chi connectivity index (χ1) is 12.9. The molecule has 27 heavy (non-hydrogen) atoms. The van der Waals surface area contributed by atoms with Crippen LogP contribution in [0.15, 0.2) is 40.4 Å². The van der Waals surface area contributed by atoms with E-state index in [0.29, 0.717) is 21.4 Å². The lowest BCUT2D eigenvalue weighted by Gasteiger charge is -2.14. The van der Waals surface area contributed by atoms with Gasteiger partial charge in [0.25, 0.3) is 5.91 Å². The summed E-state index contributed by atoms with van der Waals surface area (Å²) in [5.74, 6) is -1.03. The van der Waals surface area contributed by atoms with Crippen LogP contribution >= 0.6 is 45.9 Å². The highest BCUT2D eigenvalue weighted by Crippen LogP contribution is 2.27. The monoisotopic (exact) mass is 440 g/mol. The first-order valence-corrected chi connectivity index (χ1v) is 10.4. The van der Waals surface area contributed by atoms with Crippen molar-refractivity contribution < 1.29 is 14.3 Å². The molecular formula is C18H14Cl2N2O3S2. The van der Waals surface area contributed by atoms with Crippen molar-refractivity contribution >= 4 is 63.4 Å². The van der Waals surface area contributed by atoms with Crippen LogP contribution in [0.2, 0.25) is 10.0 Å². The van der Waals surface area contributed by atoms with Crippen LogP contribution in [0.3, 0.4) is 0 Å². The maximum atomic E-state index is 12.2. The van der Waals surface area contributed by atoms with Gasteiger partial charge in [0.2, 0.25) is 0 Å². The molecule has 0 saturated carbocycles. The van der Waals surface area contributed by atoms with Crippen LogP contribution in [0.4, 0.5) is 5.69 Å². The lowest BCUT2D eigenvalue weighted by atomic mass is 10.3. The molecule has 5 nitrogen and oxygen atoms in total. The maximum Gasteiger partial charge on any atom is 0.312 e. The predicted octanol–water partition coefficient (Wildman–Crippen LogP) is 5.29. The molecule has 0 fully saturated rings. The molecule has 2 heterocycles. The molecule has 1 unspecified atom stereocenters. The molecule has 0 bridgehead atoms. The fraction of sp³-hybridized carbons (Fsp3) is 0.167. The molecule has 3 aromatic rings. The number of hydrogen-bond acceptors (Lipinski definition) is 6. The largest absolute Gasteiger partial charge is 0.452 e. The van der Waals surface area contributed by atoms with Crippen molar-refractivity contribution in [2.75, 3.05) is 5.32 Å². The van der Waals surface area contributed by atoms with Crippen LogP contribution in [-0.2, 0) is 20.7 Å². The Balaban J connectivity index is 1.55. The number of thiazole rings is 1. The van der Waals surface area contributed by atoms with Crippen LogP contribution < -0.4 is 5.32 Å². The van der Waals surface area contributed by atoms with Gasteiger partial charge >= 0.3 is 5.97 Å². The maximum absolute atomic E-state index is 12.2. The number of amides is 1. The quantitative estimate of drug-likeness (QED) is 0.528. The number of hydrogen-bond donors (Lipinski definition) is 1. The zero-order chi connectivity index (χ0) is 19.4. The van der Waals surface area contributed by atoms with Crippen LogP contribution in [0.25, 0.3) is 10.6 Å². The standard InChI is InChI=1S/C18H14Cl2N2O3S2/c1-10(17(24)22-15-6-12(19)2-3-14(15)20)25-16(23)7-13-9-27-18(21-13)11-4-5-26-8-11/h2-6,8-10H,7H2,1H3,(H,22,24). The number of carbonyl (C=O) groups is 2. The average molecular weight is 441 g/mol. The lowest BCUT2D eigenvalue weighted by Crippen LogP contribution is -2.30. The highest BCUT2D eigenvalue weighted by molar-refractivity contribution is 7.14. The third kappa shape index (κ3) is 5.29. The van der Waals surface area contributed by atoms with E-state index in [2.05, 4.69) is 10.3 Å². The second kappa shape index (κ2) is 8.84. The molecule has 1 atom stereocenters. The minimum absolute atomic E-state index is 0.00379. The summed E-state index contributed by atoms with van der Waals surface area (Å²) in [6, 6.07) is 6.68. The van der Waals surface area contributed by atoms with Gasteiger partial charge in [0.15, 0.2) is 6.10 Å². The van der Waals surface area contributed by atoms with Gasteiger partial charge in [-0.15, -0.1) is 11.3 Å². The number of halogens is 2. The number of ether oxygens (including phenoxy) is 1. The van der Waals surface area contributed by atoms with Crippen molar-refractivity contribution in [2.24, 2.45) is 0 Å².